The summed E-state index contributed by atoms with van der Waals surface area (Å²) in [6.07, 6.45) is 0.604. The minimum absolute atomic E-state index is 0.285. The van der Waals surface area contributed by atoms with Gasteiger partial charge in [0.1, 0.15) is 0 Å². The summed E-state index contributed by atoms with van der Waals surface area (Å²) in [5.74, 6) is 0.285. The van der Waals surface area contributed by atoms with Gasteiger partial charge in [0.2, 0.25) is 5.91 Å². The van der Waals surface area contributed by atoms with E-state index in [9.17, 15) is 4.79 Å². The Morgan fingerprint density at radius 3 is 2.40 bits per heavy atom. The number of carbonyl (C=O) groups excluding carboxylic acids is 1. The van der Waals surface area contributed by atoms with Crippen molar-refractivity contribution in [3.05, 3.63) is 30.3 Å². The van der Waals surface area contributed by atoms with E-state index < -0.39 is 0 Å². The SMILES string of the molecule is CCN(CCC(=O)N1CCN(C)CC1)c1ccccc1. The zero-order valence-electron chi connectivity index (χ0n) is 12.6. The van der Waals surface area contributed by atoms with E-state index in [1.807, 2.05) is 23.1 Å². The Bertz CT molecular complexity index is 413. The number of hydrogen-bond acceptors (Lipinski definition) is 3. The van der Waals surface area contributed by atoms with Crippen LogP contribution in [0.15, 0.2) is 30.3 Å². The Kier molecular flexibility index (Phi) is 5.41. The van der Waals surface area contributed by atoms with Gasteiger partial charge in [0, 0.05) is 51.4 Å². The first-order chi connectivity index (χ1) is 9.70. The summed E-state index contributed by atoms with van der Waals surface area (Å²) in [4.78, 5) is 18.8. The van der Waals surface area contributed by atoms with Gasteiger partial charge < -0.3 is 14.7 Å². The fraction of sp³-hybridized carbons (Fsp3) is 0.562. The maximum Gasteiger partial charge on any atom is 0.224 e. The zero-order chi connectivity index (χ0) is 14.4. The van der Waals surface area contributed by atoms with Crippen molar-refractivity contribution < 1.29 is 4.79 Å². The fourth-order valence-corrected chi connectivity index (χ4v) is 2.55. The molecule has 2 rings (SSSR count). The van der Waals surface area contributed by atoms with Crippen LogP contribution in [0.4, 0.5) is 5.69 Å². The molecule has 0 N–H and O–H groups in total. The van der Waals surface area contributed by atoms with Gasteiger partial charge in [-0.1, -0.05) is 18.2 Å². The van der Waals surface area contributed by atoms with Crippen LogP contribution in [0.1, 0.15) is 13.3 Å². The minimum Gasteiger partial charge on any atom is -0.371 e. The predicted octanol–water partition coefficient (Wildman–Crippen LogP) is 1.68. The Morgan fingerprint density at radius 1 is 1.15 bits per heavy atom. The Balaban J connectivity index is 1.83. The number of carbonyl (C=O) groups is 1. The lowest BCUT2D eigenvalue weighted by Gasteiger charge is -2.33. The number of nitrogens with zero attached hydrogens (tertiary/aromatic N) is 3. The largest absolute Gasteiger partial charge is 0.371 e. The summed E-state index contributed by atoms with van der Waals surface area (Å²) in [5, 5.41) is 0. The normalized spacial score (nSPS) is 16.2. The van der Waals surface area contributed by atoms with Crippen molar-refractivity contribution in [1.82, 2.24) is 9.80 Å². The smallest absolute Gasteiger partial charge is 0.224 e. The van der Waals surface area contributed by atoms with E-state index >= 15 is 0 Å². The minimum atomic E-state index is 0.285. The van der Waals surface area contributed by atoms with Crippen molar-refractivity contribution in [3.8, 4) is 0 Å². The third-order valence-electron chi connectivity index (χ3n) is 3.95. The van der Waals surface area contributed by atoms with Gasteiger partial charge in [-0.25, -0.2) is 0 Å². The molecule has 1 aliphatic rings. The quantitative estimate of drug-likeness (QED) is 0.818. The number of rotatable bonds is 5. The summed E-state index contributed by atoms with van der Waals surface area (Å²) in [6.45, 7) is 7.57. The highest BCUT2D eigenvalue weighted by atomic mass is 16.2. The van der Waals surface area contributed by atoms with Gasteiger partial charge in [-0.15, -0.1) is 0 Å². The second-order valence-electron chi connectivity index (χ2n) is 5.35. The Morgan fingerprint density at radius 2 is 1.80 bits per heavy atom. The summed E-state index contributed by atoms with van der Waals surface area (Å²) in [7, 11) is 2.11. The van der Waals surface area contributed by atoms with Crippen LogP contribution in [-0.4, -0.2) is 62.0 Å². The molecular formula is C16H25N3O. The molecular weight excluding hydrogens is 250 g/mol. The molecule has 1 aromatic carbocycles. The van der Waals surface area contributed by atoms with Crippen LogP contribution in [0.25, 0.3) is 0 Å². The lowest BCUT2D eigenvalue weighted by molar-refractivity contribution is -0.132. The van der Waals surface area contributed by atoms with Crippen LogP contribution in [-0.2, 0) is 4.79 Å². The van der Waals surface area contributed by atoms with Crippen LogP contribution in [0.5, 0.6) is 0 Å². The van der Waals surface area contributed by atoms with Gasteiger partial charge in [0.15, 0.2) is 0 Å². The molecule has 4 nitrogen and oxygen atoms in total. The lowest BCUT2D eigenvalue weighted by Crippen LogP contribution is -2.47. The first-order valence-electron chi connectivity index (χ1n) is 7.47. The van der Waals surface area contributed by atoms with Crippen molar-refractivity contribution in [1.29, 1.82) is 0 Å². The molecule has 0 radical (unpaired) electrons. The first-order valence-corrected chi connectivity index (χ1v) is 7.47. The van der Waals surface area contributed by atoms with E-state index in [1.54, 1.807) is 0 Å². The van der Waals surface area contributed by atoms with Gasteiger partial charge in [0.05, 0.1) is 0 Å². The van der Waals surface area contributed by atoms with E-state index in [2.05, 4.69) is 35.9 Å². The lowest BCUT2D eigenvalue weighted by atomic mass is 10.2. The maximum absolute atomic E-state index is 12.2. The van der Waals surface area contributed by atoms with Gasteiger partial charge in [0.25, 0.3) is 0 Å². The zero-order valence-corrected chi connectivity index (χ0v) is 12.6. The number of hydrogen-bond donors (Lipinski definition) is 0. The molecule has 0 aromatic heterocycles. The van der Waals surface area contributed by atoms with Crippen LogP contribution in [0, 0.1) is 0 Å². The topological polar surface area (TPSA) is 26.8 Å². The molecule has 1 fully saturated rings. The number of para-hydroxylation sites is 1. The van der Waals surface area contributed by atoms with Crippen molar-refractivity contribution in [2.24, 2.45) is 0 Å². The van der Waals surface area contributed by atoms with Crippen molar-refractivity contribution in [3.63, 3.8) is 0 Å². The molecule has 0 unspecified atom stereocenters. The molecule has 1 heterocycles. The monoisotopic (exact) mass is 275 g/mol. The maximum atomic E-state index is 12.2. The van der Waals surface area contributed by atoms with Gasteiger partial charge in [-0.3, -0.25) is 4.79 Å². The molecule has 4 heteroatoms. The molecule has 1 aromatic rings. The van der Waals surface area contributed by atoms with Crippen LogP contribution < -0.4 is 4.90 Å². The number of likely N-dealkylation sites (N-methyl/N-ethyl adjacent to an activating group) is 1. The second kappa shape index (κ2) is 7.29. The molecule has 0 atom stereocenters. The van der Waals surface area contributed by atoms with E-state index in [-0.39, 0.29) is 5.91 Å². The molecule has 1 saturated heterocycles. The van der Waals surface area contributed by atoms with Gasteiger partial charge in [-0.05, 0) is 26.1 Å². The number of amides is 1. The summed E-state index contributed by atoms with van der Waals surface area (Å²) < 4.78 is 0. The van der Waals surface area contributed by atoms with Crippen LogP contribution >= 0.6 is 0 Å². The molecule has 0 aliphatic carbocycles. The van der Waals surface area contributed by atoms with Crippen molar-refractivity contribution in [2.75, 3.05) is 51.2 Å². The molecule has 1 aliphatic heterocycles. The second-order valence-corrected chi connectivity index (χ2v) is 5.35. The highest BCUT2D eigenvalue weighted by molar-refractivity contribution is 5.77. The molecule has 0 bridgehead atoms. The summed E-state index contributed by atoms with van der Waals surface area (Å²) in [6, 6.07) is 10.3. The van der Waals surface area contributed by atoms with Crippen molar-refractivity contribution in [2.45, 2.75) is 13.3 Å². The molecule has 0 spiro atoms. The summed E-state index contributed by atoms with van der Waals surface area (Å²) >= 11 is 0. The third-order valence-corrected chi connectivity index (χ3v) is 3.95. The predicted molar refractivity (Wildman–Crippen MR) is 83.0 cm³/mol. The summed E-state index contributed by atoms with van der Waals surface area (Å²) in [5.41, 5.74) is 1.20. The van der Waals surface area contributed by atoms with Crippen molar-refractivity contribution >= 4 is 11.6 Å². The Labute approximate surface area is 122 Å². The van der Waals surface area contributed by atoms with E-state index in [4.69, 9.17) is 0 Å². The van der Waals surface area contributed by atoms with Gasteiger partial charge in [-0.2, -0.15) is 0 Å². The molecule has 0 saturated carbocycles. The number of anilines is 1. The molecule has 110 valence electrons. The fourth-order valence-electron chi connectivity index (χ4n) is 2.55. The third kappa shape index (κ3) is 3.97. The van der Waals surface area contributed by atoms with E-state index in [0.29, 0.717) is 6.42 Å². The highest BCUT2D eigenvalue weighted by Crippen LogP contribution is 2.13. The number of benzene rings is 1. The van der Waals surface area contributed by atoms with Gasteiger partial charge >= 0.3 is 0 Å². The van der Waals surface area contributed by atoms with E-state index in [0.717, 1.165) is 39.3 Å². The van der Waals surface area contributed by atoms with Crippen LogP contribution in [0.2, 0.25) is 0 Å². The van der Waals surface area contributed by atoms with Crippen LogP contribution in [0.3, 0.4) is 0 Å². The molecule has 1 amide bonds. The average molecular weight is 275 g/mol. The van der Waals surface area contributed by atoms with E-state index in [1.165, 1.54) is 5.69 Å². The molecule has 20 heavy (non-hydrogen) atoms. The Hall–Kier alpha value is -1.55. The number of piperazine rings is 1. The average Bonchev–Trinajstić information content (AvgIpc) is 2.49. The first kappa shape index (κ1) is 14.9. The highest BCUT2D eigenvalue weighted by Gasteiger charge is 2.19. The standard InChI is InChI=1S/C16H25N3O/c1-3-18(15-7-5-4-6-8-15)10-9-16(20)19-13-11-17(2)12-14-19/h4-8H,3,9-14H2,1-2H3.